The van der Waals surface area contributed by atoms with Crippen molar-refractivity contribution in [2.24, 2.45) is 0 Å². The molecule has 1 aliphatic carbocycles. The van der Waals surface area contributed by atoms with E-state index in [1.165, 1.54) is 12.1 Å². The molecule has 0 atom stereocenters. The molecule has 0 aliphatic heterocycles. The van der Waals surface area contributed by atoms with Crippen LogP contribution in [0.2, 0.25) is 0 Å². The van der Waals surface area contributed by atoms with Crippen molar-refractivity contribution in [1.29, 1.82) is 0 Å². The monoisotopic (exact) mass is 317 g/mol. The number of rotatable bonds is 4. The van der Waals surface area contributed by atoms with Gasteiger partial charge in [0, 0.05) is 11.6 Å². The van der Waals surface area contributed by atoms with Crippen LogP contribution in [-0.4, -0.2) is 6.04 Å². The molecule has 0 spiro atoms. The lowest BCUT2D eigenvalue weighted by molar-refractivity contribution is -0.137. The maximum atomic E-state index is 12.9. The predicted molar refractivity (Wildman–Crippen MR) is 76.3 cm³/mol. The zero-order valence-corrected chi connectivity index (χ0v) is 11.9. The third kappa shape index (κ3) is 3.80. The SMILES string of the molecule is Cl.FC(F)(F)c1ccccc1-c1ccc(CNC2CC2)o1. The predicted octanol–water partition coefficient (Wildman–Crippen LogP) is 4.64. The third-order valence-electron chi connectivity index (χ3n) is 3.30. The molecule has 6 heteroatoms. The van der Waals surface area contributed by atoms with Gasteiger partial charge in [-0.05, 0) is 31.0 Å². The Morgan fingerprint density at radius 3 is 2.48 bits per heavy atom. The zero-order valence-electron chi connectivity index (χ0n) is 11.1. The summed E-state index contributed by atoms with van der Waals surface area (Å²) >= 11 is 0. The summed E-state index contributed by atoms with van der Waals surface area (Å²) in [5, 5.41) is 3.27. The third-order valence-corrected chi connectivity index (χ3v) is 3.30. The van der Waals surface area contributed by atoms with E-state index in [2.05, 4.69) is 5.32 Å². The molecule has 0 bridgehead atoms. The summed E-state index contributed by atoms with van der Waals surface area (Å²) in [6.07, 6.45) is -2.06. The van der Waals surface area contributed by atoms with E-state index in [0.29, 0.717) is 18.3 Å². The smallest absolute Gasteiger partial charge is 0.417 e. The number of alkyl halides is 3. The van der Waals surface area contributed by atoms with Gasteiger partial charge in [0.1, 0.15) is 11.5 Å². The number of furan rings is 1. The van der Waals surface area contributed by atoms with Gasteiger partial charge >= 0.3 is 6.18 Å². The maximum absolute atomic E-state index is 12.9. The van der Waals surface area contributed by atoms with Gasteiger partial charge in [-0.1, -0.05) is 18.2 Å². The van der Waals surface area contributed by atoms with Crippen LogP contribution < -0.4 is 5.32 Å². The fourth-order valence-corrected chi connectivity index (χ4v) is 2.10. The van der Waals surface area contributed by atoms with Crippen LogP contribution in [0.1, 0.15) is 24.2 Å². The molecule has 114 valence electrons. The average molecular weight is 318 g/mol. The van der Waals surface area contributed by atoms with Crippen molar-refractivity contribution in [3.63, 3.8) is 0 Å². The van der Waals surface area contributed by atoms with Gasteiger partial charge < -0.3 is 9.73 Å². The van der Waals surface area contributed by atoms with E-state index in [1.54, 1.807) is 18.2 Å². The van der Waals surface area contributed by atoms with Crippen molar-refractivity contribution in [2.75, 3.05) is 0 Å². The van der Waals surface area contributed by atoms with Gasteiger partial charge in [0.15, 0.2) is 0 Å². The summed E-state index contributed by atoms with van der Waals surface area (Å²) in [5.41, 5.74) is -0.589. The zero-order chi connectivity index (χ0) is 14.2. The van der Waals surface area contributed by atoms with E-state index in [9.17, 15) is 13.2 Å². The largest absolute Gasteiger partial charge is 0.460 e. The molecule has 0 saturated heterocycles. The lowest BCUT2D eigenvalue weighted by Crippen LogP contribution is -2.14. The van der Waals surface area contributed by atoms with E-state index in [-0.39, 0.29) is 23.7 Å². The van der Waals surface area contributed by atoms with Crippen molar-refractivity contribution in [3.8, 4) is 11.3 Å². The van der Waals surface area contributed by atoms with Crippen LogP contribution >= 0.6 is 12.4 Å². The highest BCUT2D eigenvalue weighted by Gasteiger charge is 2.34. The Balaban J connectivity index is 0.00000161. The maximum Gasteiger partial charge on any atom is 0.417 e. The van der Waals surface area contributed by atoms with Crippen molar-refractivity contribution in [3.05, 3.63) is 47.7 Å². The van der Waals surface area contributed by atoms with E-state index < -0.39 is 11.7 Å². The standard InChI is InChI=1S/C15H14F3NO.ClH/c16-15(17,18)13-4-2-1-3-12(13)14-8-7-11(20-14)9-19-10-5-6-10;/h1-4,7-8,10,19H,5-6,9H2;1H. The van der Waals surface area contributed by atoms with Gasteiger partial charge in [-0.3, -0.25) is 0 Å². The Bertz CT molecular complexity index is 605. The summed E-state index contributed by atoms with van der Waals surface area (Å²) in [7, 11) is 0. The highest BCUT2D eigenvalue weighted by molar-refractivity contribution is 5.85. The Labute approximate surface area is 126 Å². The topological polar surface area (TPSA) is 25.2 Å². The summed E-state index contributed by atoms with van der Waals surface area (Å²) in [5.74, 6) is 0.911. The first-order valence-electron chi connectivity index (χ1n) is 6.53. The quantitative estimate of drug-likeness (QED) is 0.888. The highest BCUT2D eigenvalue weighted by Crippen LogP contribution is 2.37. The van der Waals surface area contributed by atoms with Gasteiger partial charge in [-0.2, -0.15) is 13.2 Å². The minimum absolute atomic E-state index is 0. The lowest BCUT2D eigenvalue weighted by Gasteiger charge is -2.10. The second-order valence-corrected chi connectivity index (χ2v) is 4.96. The molecule has 1 saturated carbocycles. The number of halogens is 4. The Morgan fingerprint density at radius 1 is 1.10 bits per heavy atom. The fourth-order valence-electron chi connectivity index (χ4n) is 2.10. The van der Waals surface area contributed by atoms with Gasteiger partial charge in [-0.25, -0.2) is 0 Å². The minimum atomic E-state index is -4.38. The summed E-state index contributed by atoms with van der Waals surface area (Å²) < 4.78 is 44.4. The van der Waals surface area contributed by atoms with Gasteiger partial charge in [-0.15, -0.1) is 12.4 Å². The molecule has 1 fully saturated rings. The first-order chi connectivity index (χ1) is 9.54. The van der Waals surface area contributed by atoms with Gasteiger partial charge in [0.25, 0.3) is 0 Å². The Hall–Kier alpha value is -1.46. The molecule has 0 amide bonds. The molecule has 1 aliphatic rings. The van der Waals surface area contributed by atoms with E-state index in [1.807, 2.05) is 0 Å². The van der Waals surface area contributed by atoms with Crippen LogP contribution in [0.25, 0.3) is 11.3 Å². The molecule has 2 aromatic rings. The Kier molecular flexibility index (Phi) is 4.64. The number of nitrogens with one attached hydrogen (secondary N) is 1. The van der Waals surface area contributed by atoms with Crippen molar-refractivity contribution >= 4 is 12.4 Å². The van der Waals surface area contributed by atoms with Crippen molar-refractivity contribution in [2.45, 2.75) is 31.6 Å². The molecular weight excluding hydrogens is 303 g/mol. The van der Waals surface area contributed by atoms with Crippen LogP contribution in [0.5, 0.6) is 0 Å². The first-order valence-corrected chi connectivity index (χ1v) is 6.53. The molecule has 1 aromatic carbocycles. The van der Waals surface area contributed by atoms with Crippen LogP contribution in [0, 0.1) is 0 Å². The second kappa shape index (κ2) is 6.12. The molecule has 1 heterocycles. The number of hydrogen-bond acceptors (Lipinski definition) is 2. The van der Waals surface area contributed by atoms with Crippen LogP contribution in [0.4, 0.5) is 13.2 Å². The molecule has 21 heavy (non-hydrogen) atoms. The van der Waals surface area contributed by atoms with Crippen molar-refractivity contribution in [1.82, 2.24) is 5.32 Å². The summed E-state index contributed by atoms with van der Waals surface area (Å²) in [4.78, 5) is 0. The normalized spacial score (nSPS) is 14.8. The molecule has 3 rings (SSSR count). The molecular formula is C15H15ClF3NO. The van der Waals surface area contributed by atoms with Gasteiger partial charge in [0.05, 0.1) is 12.1 Å². The van der Waals surface area contributed by atoms with E-state index in [0.717, 1.165) is 18.9 Å². The van der Waals surface area contributed by atoms with Crippen molar-refractivity contribution < 1.29 is 17.6 Å². The fraction of sp³-hybridized carbons (Fsp3) is 0.333. The van der Waals surface area contributed by atoms with E-state index >= 15 is 0 Å². The molecule has 0 radical (unpaired) electrons. The van der Waals surface area contributed by atoms with Crippen LogP contribution in [-0.2, 0) is 12.7 Å². The molecule has 0 unspecified atom stereocenters. The first kappa shape index (κ1) is 15.9. The number of hydrogen-bond donors (Lipinski definition) is 1. The number of benzene rings is 1. The minimum Gasteiger partial charge on any atom is -0.460 e. The summed E-state index contributed by atoms with van der Waals surface area (Å²) in [6, 6.07) is 9.30. The van der Waals surface area contributed by atoms with Crippen LogP contribution in [0.15, 0.2) is 40.8 Å². The average Bonchev–Trinajstić information content (AvgIpc) is 3.12. The molecule has 1 N–H and O–H groups in total. The van der Waals surface area contributed by atoms with Gasteiger partial charge in [0.2, 0.25) is 0 Å². The Morgan fingerprint density at radius 2 is 1.81 bits per heavy atom. The van der Waals surface area contributed by atoms with Crippen LogP contribution in [0.3, 0.4) is 0 Å². The highest BCUT2D eigenvalue weighted by atomic mass is 35.5. The second-order valence-electron chi connectivity index (χ2n) is 4.96. The molecule has 2 nitrogen and oxygen atoms in total. The lowest BCUT2D eigenvalue weighted by atomic mass is 10.1. The summed E-state index contributed by atoms with van der Waals surface area (Å²) in [6.45, 7) is 0.554. The van der Waals surface area contributed by atoms with E-state index in [4.69, 9.17) is 4.42 Å². The molecule has 1 aromatic heterocycles.